The Balaban J connectivity index is 2.31. The van der Waals surface area contributed by atoms with Gasteiger partial charge >= 0.3 is 0 Å². The highest BCUT2D eigenvalue weighted by Crippen LogP contribution is 2.46. The molecular weight excluding hydrogens is 294 g/mol. The summed E-state index contributed by atoms with van der Waals surface area (Å²) >= 11 is 7.33. The smallest absolute Gasteiger partial charge is 0.201 e. The number of furan rings is 1. The molecule has 0 bridgehead atoms. The van der Waals surface area contributed by atoms with Crippen molar-refractivity contribution in [3.05, 3.63) is 47.0 Å². The zero-order chi connectivity index (χ0) is 14.1. The van der Waals surface area contributed by atoms with Crippen LogP contribution in [-0.2, 0) is 0 Å². The number of hydrogen-bond donors (Lipinski definition) is 1. The van der Waals surface area contributed by atoms with Gasteiger partial charge in [-0.15, -0.1) is 11.3 Å². The second-order valence-electron chi connectivity index (χ2n) is 4.01. The molecule has 0 saturated carbocycles. The summed E-state index contributed by atoms with van der Waals surface area (Å²) in [7, 11) is 0. The first-order valence-corrected chi connectivity index (χ1v) is 6.88. The van der Waals surface area contributed by atoms with E-state index < -0.39 is 0 Å². The first-order chi connectivity index (χ1) is 9.72. The number of aromatic nitrogens is 1. The number of thiophene rings is 1. The molecule has 3 heterocycles. The summed E-state index contributed by atoms with van der Waals surface area (Å²) < 4.78 is 5.13. The number of rotatable bonds is 2. The summed E-state index contributed by atoms with van der Waals surface area (Å²) in [5.74, 6) is 0. The van der Waals surface area contributed by atoms with Crippen molar-refractivity contribution in [2.75, 3.05) is 5.73 Å². The molecular formula is C14H8ClN3OS. The highest BCUT2D eigenvalue weighted by atomic mass is 35.5. The molecule has 0 aliphatic heterocycles. The molecule has 3 aromatic rings. The van der Waals surface area contributed by atoms with Crippen molar-refractivity contribution >= 4 is 28.6 Å². The molecule has 0 aliphatic rings. The lowest BCUT2D eigenvalue weighted by Gasteiger charge is -2.03. The van der Waals surface area contributed by atoms with Crippen LogP contribution in [0.5, 0.6) is 0 Å². The van der Waals surface area contributed by atoms with Crippen LogP contribution in [0.4, 0.5) is 5.69 Å². The minimum Gasteiger partial charge on any atom is -0.452 e. The van der Waals surface area contributed by atoms with Gasteiger partial charge in [0.2, 0.25) is 5.22 Å². The highest BCUT2D eigenvalue weighted by molar-refractivity contribution is 7.17. The SMILES string of the molecule is N#Cc1sc(-c2ccoc2Cl)c(-c2cccnc2)c1N. The second-order valence-corrected chi connectivity index (χ2v) is 5.37. The maximum atomic E-state index is 9.18. The number of nitriles is 1. The molecule has 0 radical (unpaired) electrons. The zero-order valence-corrected chi connectivity index (χ0v) is 11.7. The molecule has 6 heteroatoms. The number of nitrogen functional groups attached to an aromatic ring is 1. The lowest BCUT2D eigenvalue weighted by Crippen LogP contribution is -1.89. The van der Waals surface area contributed by atoms with E-state index >= 15 is 0 Å². The van der Waals surface area contributed by atoms with Crippen LogP contribution in [0.1, 0.15) is 4.88 Å². The summed E-state index contributed by atoms with van der Waals surface area (Å²) in [6, 6.07) is 7.58. The van der Waals surface area contributed by atoms with Crippen LogP contribution in [0.25, 0.3) is 21.6 Å². The van der Waals surface area contributed by atoms with Crippen LogP contribution in [0.15, 0.2) is 41.3 Å². The van der Waals surface area contributed by atoms with Crippen molar-refractivity contribution in [1.82, 2.24) is 4.98 Å². The van der Waals surface area contributed by atoms with Gasteiger partial charge in [-0.05, 0) is 23.7 Å². The van der Waals surface area contributed by atoms with E-state index in [1.54, 1.807) is 18.5 Å². The van der Waals surface area contributed by atoms with E-state index in [0.717, 1.165) is 21.6 Å². The lowest BCUT2D eigenvalue weighted by atomic mass is 10.0. The molecule has 0 unspecified atom stereocenters. The Bertz CT molecular complexity index is 802. The number of pyridine rings is 1. The largest absolute Gasteiger partial charge is 0.452 e. The fourth-order valence-electron chi connectivity index (χ4n) is 1.97. The standard InChI is InChI=1S/C14H8ClN3OS/c15-14-9(3-5-19-14)13-11(8-2-1-4-18-7-8)12(17)10(6-16)20-13/h1-5,7H,17H2. The van der Waals surface area contributed by atoms with Crippen LogP contribution >= 0.6 is 22.9 Å². The number of nitrogens with zero attached hydrogens (tertiary/aromatic N) is 2. The molecule has 0 amide bonds. The third-order valence-electron chi connectivity index (χ3n) is 2.86. The van der Waals surface area contributed by atoms with Gasteiger partial charge in [0.05, 0.1) is 22.4 Å². The van der Waals surface area contributed by atoms with Gasteiger partial charge < -0.3 is 10.2 Å². The molecule has 0 aliphatic carbocycles. The van der Waals surface area contributed by atoms with E-state index in [9.17, 15) is 5.26 Å². The third kappa shape index (κ3) is 1.95. The predicted octanol–water partition coefficient (Wildman–Crippen LogP) is 4.18. The van der Waals surface area contributed by atoms with E-state index in [-0.39, 0.29) is 5.22 Å². The third-order valence-corrected chi connectivity index (χ3v) is 4.30. The molecule has 3 rings (SSSR count). The maximum absolute atomic E-state index is 9.18. The molecule has 98 valence electrons. The fourth-order valence-corrected chi connectivity index (χ4v) is 3.30. The van der Waals surface area contributed by atoms with Crippen molar-refractivity contribution < 1.29 is 4.42 Å². The number of halogens is 1. The normalized spacial score (nSPS) is 10.4. The first-order valence-electron chi connectivity index (χ1n) is 5.68. The average molecular weight is 302 g/mol. The topological polar surface area (TPSA) is 75.8 Å². The van der Waals surface area contributed by atoms with E-state index in [0.29, 0.717) is 10.6 Å². The van der Waals surface area contributed by atoms with Crippen molar-refractivity contribution in [2.24, 2.45) is 0 Å². The van der Waals surface area contributed by atoms with E-state index in [2.05, 4.69) is 11.1 Å². The van der Waals surface area contributed by atoms with Crippen molar-refractivity contribution in [3.8, 4) is 27.6 Å². The predicted molar refractivity (Wildman–Crippen MR) is 79.4 cm³/mol. The van der Waals surface area contributed by atoms with Crippen molar-refractivity contribution in [3.63, 3.8) is 0 Å². The molecule has 0 atom stereocenters. The monoisotopic (exact) mass is 301 g/mol. The quantitative estimate of drug-likeness (QED) is 0.770. The molecule has 0 fully saturated rings. The summed E-state index contributed by atoms with van der Waals surface area (Å²) in [5, 5.41) is 9.46. The highest BCUT2D eigenvalue weighted by Gasteiger charge is 2.21. The summed E-state index contributed by atoms with van der Waals surface area (Å²) in [5.41, 5.74) is 8.87. The van der Waals surface area contributed by atoms with Crippen LogP contribution < -0.4 is 5.73 Å². The first kappa shape index (κ1) is 12.7. The fraction of sp³-hybridized carbons (Fsp3) is 0. The Labute approximate surface area is 124 Å². The Morgan fingerprint density at radius 3 is 2.85 bits per heavy atom. The number of anilines is 1. The average Bonchev–Trinajstić information content (AvgIpc) is 3.03. The van der Waals surface area contributed by atoms with Gasteiger partial charge in [-0.1, -0.05) is 6.07 Å². The minimum atomic E-state index is 0.279. The molecule has 20 heavy (non-hydrogen) atoms. The van der Waals surface area contributed by atoms with Gasteiger partial charge in [0, 0.05) is 23.5 Å². The second kappa shape index (κ2) is 5.00. The summed E-state index contributed by atoms with van der Waals surface area (Å²) in [6.07, 6.45) is 4.89. The van der Waals surface area contributed by atoms with Gasteiger partial charge in [0.1, 0.15) is 10.9 Å². The molecule has 3 aromatic heterocycles. The van der Waals surface area contributed by atoms with Gasteiger partial charge in [0.25, 0.3) is 0 Å². The molecule has 0 spiro atoms. The Hall–Kier alpha value is -2.29. The van der Waals surface area contributed by atoms with Crippen LogP contribution in [-0.4, -0.2) is 4.98 Å². The zero-order valence-electron chi connectivity index (χ0n) is 10.1. The van der Waals surface area contributed by atoms with Crippen molar-refractivity contribution in [2.45, 2.75) is 0 Å². The molecule has 0 saturated heterocycles. The Morgan fingerprint density at radius 2 is 2.25 bits per heavy atom. The van der Waals surface area contributed by atoms with E-state index in [4.69, 9.17) is 21.8 Å². The number of nitrogens with two attached hydrogens (primary N) is 1. The summed E-state index contributed by atoms with van der Waals surface area (Å²) in [6.45, 7) is 0. The molecule has 2 N–H and O–H groups in total. The van der Waals surface area contributed by atoms with Crippen LogP contribution in [0.3, 0.4) is 0 Å². The van der Waals surface area contributed by atoms with Gasteiger partial charge in [0.15, 0.2) is 0 Å². The van der Waals surface area contributed by atoms with Crippen LogP contribution in [0.2, 0.25) is 5.22 Å². The molecule has 4 nitrogen and oxygen atoms in total. The van der Waals surface area contributed by atoms with E-state index in [1.807, 2.05) is 12.1 Å². The molecule has 0 aromatic carbocycles. The Morgan fingerprint density at radius 1 is 1.40 bits per heavy atom. The van der Waals surface area contributed by atoms with Crippen molar-refractivity contribution in [1.29, 1.82) is 5.26 Å². The lowest BCUT2D eigenvalue weighted by molar-refractivity contribution is 0.570. The van der Waals surface area contributed by atoms with E-state index in [1.165, 1.54) is 17.6 Å². The Kier molecular flexibility index (Phi) is 3.18. The van der Waals surface area contributed by atoms with Gasteiger partial charge in [-0.2, -0.15) is 5.26 Å². The number of hydrogen-bond acceptors (Lipinski definition) is 5. The van der Waals surface area contributed by atoms with Crippen LogP contribution in [0, 0.1) is 11.3 Å². The summed E-state index contributed by atoms with van der Waals surface area (Å²) in [4.78, 5) is 5.36. The maximum Gasteiger partial charge on any atom is 0.201 e. The van der Waals surface area contributed by atoms with Gasteiger partial charge in [-0.3, -0.25) is 4.98 Å². The minimum absolute atomic E-state index is 0.279. The van der Waals surface area contributed by atoms with Gasteiger partial charge in [-0.25, -0.2) is 0 Å².